The Morgan fingerprint density at radius 3 is 2.61 bits per heavy atom. The summed E-state index contributed by atoms with van der Waals surface area (Å²) in [5.41, 5.74) is 3.25. The van der Waals surface area contributed by atoms with Crippen molar-refractivity contribution in [3.05, 3.63) is 35.4 Å². The van der Waals surface area contributed by atoms with Crippen LogP contribution in [0.5, 0.6) is 0 Å². The van der Waals surface area contributed by atoms with Gasteiger partial charge in [0.15, 0.2) is 0 Å². The summed E-state index contributed by atoms with van der Waals surface area (Å²) in [5.74, 6) is 0.519. The van der Waals surface area contributed by atoms with E-state index in [0.717, 1.165) is 25.9 Å². The van der Waals surface area contributed by atoms with Crippen molar-refractivity contribution in [3.63, 3.8) is 0 Å². The van der Waals surface area contributed by atoms with Crippen LogP contribution >= 0.6 is 0 Å². The van der Waals surface area contributed by atoms with Crippen LogP contribution < -0.4 is 5.32 Å². The maximum Gasteiger partial charge on any atom is 0.241 e. The summed E-state index contributed by atoms with van der Waals surface area (Å²) in [6, 6.07) is 8.85. The fraction of sp³-hybridized carbons (Fsp3) is 0.579. The molecule has 1 atom stereocenters. The molecule has 1 saturated heterocycles. The number of carbonyl (C=O) groups excluding carboxylic acids is 2. The lowest BCUT2D eigenvalue weighted by atomic mass is 9.62. The standard InChI is InChI=1S/C19H26N2O2/c1-14-7-8-19(17-6-4-3-5-16(14)17)9-11-21(12-10-19)18(23)13-20-15(2)22/h3-6,14H,7-13H2,1-2H3,(H,20,22). The molecule has 124 valence electrons. The number of amides is 2. The van der Waals surface area contributed by atoms with Gasteiger partial charge in [-0.2, -0.15) is 0 Å². The number of likely N-dealkylation sites (tertiary alicyclic amines) is 1. The topological polar surface area (TPSA) is 49.4 Å². The molecule has 0 aromatic heterocycles. The smallest absolute Gasteiger partial charge is 0.241 e. The number of rotatable bonds is 2. The Morgan fingerprint density at radius 1 is 1.22 bits per heavy atom. The Labute approximate surface area is 138 Å². The van der Waals surface area contributed by atoms with Gasteiger partial charge in [0.05, 0.1) is 6.54 Å². The number of hydrogen-bond donors (Lipinski definition) is 1. The Kier molecular flexibility index (Phi) is 4.42. The molecule has 2 aliphatic rings. The molecule has 1 N–H and O–H groups in total. The Balaban J connectivity index is 1.70. The zero-order valence-corrected chi connectivity index (χ0v) is 14.1. The molecule has 0 saturated carbocycles. The monoisotopic (exact) mass is 314 g/mol. The molecule has 1 spiro atoms. The third-order valence-corrected chi connectivity index (χ3v) is 5.68. The Bertz CT molecular complexity index is 603. The number of nitrogens with one attached hydrogen (secondary N) is 1. The molecule has 2 amide bonds. The number of nitrogens with zero attached hydrogens (tertiary/aromatic N) is 1. The van der Waals surface area contributed by atoms with Crippen LogP contribution in [0.2, 0.25) is 0 Å². The van der Waals surface area contributed by atoms with Gasteiger partial charge in [-0.05, 0) is 48.1 Å². The van der Waals surface area contributed by atoms with E-state index >= 15 is 0 Å². The molecule has 0 radical (unpaired) electrons. The van der Waals surface area contributed by atoms with Gasteiger partial charge in [0.25, 0.3) is 0 Å². The van der Waals surface area contributed by atoms with Gasteiger partial charge in [-0.15, -0.1) is 0 Å². The molecule has 1 unspecified atom stereocenters. The number of carbonyl (C=O) groups is 2. The van der Waals surface area contributed by atoms with Crippen molar-refractivity contribution in [2.45, 2.75) is 50.9 Å². The molecule has 23 heavy (non-hydrogen) atoms. The molecule has 3 rings (SSSR count). The van der Waals surface area contributed by atoms with Crippen LogP contribution in [0.15, 0.2) is 24.3 Å². The zero-order chi connectivity index (χ0) is 16.4. The second-order valence-corrected chi connectivity index (χ2v) is 7.10. The van der Waals surface area contributed by atoms with Crippen molar-refractivity contribution in [2.24, 2.45) is 0 Å². The van der Waals surface area contributed by atoms with Crippen LogP contribution in [0.25, 0.3) is 0 Å². The van der Waals surface area contributed by atoms with E-state index in [1.54, 1.807) is 0 Å². The lowest BCUT2D eigenvalue weighted by molar-refractivity contribution is -0.134. The van der Waals surface area contributed by atoms with Crippen molar-refractivity contribution in [2.75, 3.05) is 19.6 Å². The molecule has 0 bridgehead atoms. The van der Waals surface area contributed by atoms with Crippen molar-refractivity contribution in [3.8, 4) is 0 Å². The molecule has 1 aromatic carbocycles. The van der Waals surface area contributed by atoms with Crippen LogP contribution in [0.1, 0.15) is 56.6 Å². The molecular weight excluding hydrogens is 288 g/mol. The fourth-order valence-electron chi connectivity index (χ4n) is 4.21. The second kappa shape index (κ2) is 6.34. The summed E-state index contributed by atoms with van der Waals surface area (Å²) < 4.78 is 0. The Hall–Kier alpha value is -1.84. The quantitative estimate of drug-likeness (QED) is 0.912. The maximum atomic E-state index is 12.2. The molecule has 1 aromatic rings. The summed E-state index contributed by atoms with van der Waals surface area (Å²) in [6.07, 6.45) is 4.51. The molecular formula is C19H26N2O2. The molecule has 1 aliphatic heterocycles. The SMILES string of the molecule is CC(=O)NCC(=O)N1CCC2(CCC(C)c3ccccc32)CC1. The van der Waals surface area contributed by atoms with E-state index in [4.69, 9.17) is 0 Å². The highest BCUT2D eigenvalue weighted by Crippen LogP contribution is 2.48. The van der Waals surface area contributed by atoms with Crippen molar-refractivity contribution < 1.29 is 9.59 Å². The minimum atomic E-state index is -0.151. The highest BCUT2D eigenvalue weighted by Gasteiger charge is 2.41. The van der Waals surface area contributed by atoms with E-state index in [9.17, 15) is 9.59 Å². The summed E-state index contributed by atoms with van der Waals surface area (Å²) in [5, 5.41) is 2.60. The molecule has 1 heterocycles. The summed E-state index contributed by atoms with van der Waals surface area (Å²) in [6.45, 7) is 5.47. The number of fused-ring (bicyclic) bond motifs is 2. The maximum absolute atomic E-state index is 12.2. The van der Waals surface area contributed by atoms with E-state index in [2.05, 4.69) is 36.5 Å². The average Bonchev–Trinajstić information content (AvgIpc) is 2.57. The number of hydrogen-bond acceptors (Lipinski definition) is 2. The first-order valence-corrected chi connectivity index (χ1v) is 8.63. The van der Waals surface area contributed by atoms with Gasteiger partial charge >= 0.3 is 0 Å². The van der Waals surface area contributed by atoms with Crippen LogP contribution in [0.4, 0.5) is 0 Å². The van der Waals surface area contributed by atoms with Gasteiger partial charge in [-0.1, -0.05) is 31.2 Å². The van der Waals surface area contributed by atoms with Gasteiger partial charge in [-0.25, -0.2) is 0 Å². The van der Waals surface area contributed by atoms with Gasteiger partial charge in [0.2, 0.25) is 11.8 Å². The van der Waals surface area contributed by atoms with Gasteiger partial charge < -0.3 is 10.2 Å². The van der Waals surface area contributed by atoms with Crippen LogP contribution in [-0.4, -0.2) is 36.3 Å². The van der Waals surface area contributed by atoms with Crippen LogP contribution in [-0.2, 0) is 15.0 Å². The third kappa shape index (κ3) is 3.12. The van der Waals surface area contributed by atoms with Gasteiger partial charge in [-0.3, -0.25) is 9.59 Å². The zero-order valence-electron chi connectivity index (χ0n) is 14.1. The minimum Gasteiger partial charge on any atom is -0.347 e. The summed E-state index contributed by atoms with van der Waals surface area (Å²) >= 11 is 0. The lowest BCUT2D eigenvalue weighted by Crippen LogP contribution is -2.49. The van der Waals surface area contributed by atoms with Crippen molar-refractivity contribution in [1.82, 2.24) is 10.2 Å². The number of benzene rings is 1. The van der Waals surface area contributed by atoms with Crippen molar-refractivity contribution in [1.29, 1.82) is 0 Å². The predicted molar refractivity (Wildman–Crippen MR) is 90.3 cm³/mol. The van der Waals surface area contributed by atoms with E-state index in [1.165, 1.54) is 30.9 Å². The summed E-state index contributed by atoms with van der Waals surface area (Å²) in [7, 11) is 0. The lowest BCUT2D eigenvalue weighted by Gasteiger charge is -2.47. The summed E-state index contributed by atoms with van der Waals surface area (Å²) in [4.78, 5) is 25.0. The van der Waals surface area contributed by atoms with E-state index in [1.807, 2.05) is 4.90 Å². The second-order valence-electron chi connectivity index (χ2n) is 7.10. The molecule has 4 heteroatoms. The largest absolute Gasteiger partial charge is 0.347 e. The normalized spacial score (nSPS) is 22.5. The first-order valence-electron chi connectivity index (χ1n) is 8.63. The molecule has 1 aliphatic carbocycles. The van der Waals surface area contributed by atoms with Crippen LogP contribution in [0.3, 0.4) is 0 Å². The predicted octanol–water partition coefficient (Wildman–Crippen LogP) is 2.58. The highest BCUT2D eigenvalue weighted by molar-refractivity contribution is 5.83. The minimum absolute atomic E-state index is 0.0347. The first kappa shape index (κ1) is 16.0. The Morgan fingerprint density at radius 2 is 1.91 bits per heavy atom. The van der Waals surface area contributed by atoms with Crippen LogP contribution in [0, 0.1) is 0 Å². The van der Waals surface area contributed by atoms with Gasteiger partial charge in [0, 0.05) is 20.0 Å². The fourth-order valence-corrected chi connectivity index (χ4v) is 4.21. The average molecular weight is 314 g/mol. The van der Waals surface area contributed by atoms with E-state index < -0.39 is 0 Å². The van der Waals surface area contributed by atoms with E-state index in [-0.39, 0.29) is 23.8 Å². The van der Waals surface area contributed by atoms with Gasteiger partial charge in [0.1, 0.15) is 0 Å². The highest BCUT2D eigenvalue weighted by atomic mass is 16.2. The van der Waals surface area contributed by atoms with E-state index in [0.29, 0.717) is 5.92 Å². The first-order chi connectivity index (χ1) is 11.0. The van der Waals surface area contributed by atoms with Crippen molar-refractivity contribution >= 4 is 11.8 Å². The molecule has 1 fully saturated rings. The third-order valence-electron chi connectivity index (χ3n) is 5.68. The number of piperidine rings is 1. The molecule has 4 nitrogen and oxygen atoms in total.